The smallest absolute Gasteiger partial charge is 0.139 e. The molecule has 0 aliphatic carbocycles. The lowest BCUT2D eigenvalue weighted by molar-refractivity contribution is 0.417. The SMILES string of the molecule is COc1c(C)ccc2cc(C)sc12. The van der Waals surface area contributed by atoms with Gasteiger partial charge in [0.25, 0.3) is 0 Å². The number of hydrogen-bond donors (Lipinski definition) is 0. The Morgan fingerprint density at radius 2 is 2.00 bits per heavy atom. The van der Waals surface area contributed by atoms with Crippen LogP contribution in [0, 0.1) is 13.8 Å². The van der Waals surface area contributed by atoms with Gasteiger partial charge < -0.3 is 4.74 Å². The van der Waals surface area contributed by atoms with E-state index in [1.807, 2.05) is 0 Å². The minimum atomic E-state index is 1.02. The molecule has 2 aromatic rings. The van der Waals surface area contributed by atoms with Gasteiger partial charge in [0.15, 0.2) is 0 Å². The van der Waals surface area contributed by atoms with Crippen molar-refractivity contribution in [1.82, 2.24) is 0 Å². The van der Waals surface area contributed by atoms with Crippen LogP contribution in [0.2, 0.25) is 0 Å². The number of hydrogen-bond acceptors (Lipinski definition) is 2. The van der Waals surface area contributed by atoms with E-state index in [2.05, 4.69) is 32.0 Å². The number of aryl methyl sites for hydroxylation is 2. The largest absolute Gasteiger partial charge is 0.495 e. The molecule has 0 N–H and O–H groups in total. The van der Waals surface area contributed by atoms with E-state index in [4.69, 9.17) is 4.74 Å². The van der Waals surface area contributed by atoms with E-state index in [0.29, 0.717) is 0 Å². The van der Waals surface area contributed by atoms with Gasteiger partial charge in [0, 0.05) is 4.88 Å². The third-order valence-corrected chi connectivity index (χ3v) is 3.23. The second-order valence-corrected chi connectivity index (χ2v) is 4.45. The Labute approximate surface area is 82.0 Å². The number of rotatable bonds is 1. The number of ether oxygens (including phenoxy) is 1. The molecule has 0 spiro atoms. The molecule has 0 bridgehead atoms. The normalized spacial score (nSPS) is 10.7. The van der Waals surface area contributed by atoms with Gasteiger partial charge in [0.05, 0.1) is 11.8 Å². The molecule has 13 heavy (non-hydrogen) atoms. The van der Waals surface area contributed by atoms with Crippen molar-refractivity contribution in [2.75, 3.05) is 7.11 Å². The Balaban J connectivity index is 2.82. The third-order valence-electron chi connectivity index (χ3n) is 2.17. The predicted octanol–water partition coefficient (Wildman–Crippen LogP) is 3.53. The molecule has 1 aromatic heterocycles. The van der Waals surface area contributed by atoms with Crippen molar-refractivity contribution in [3.05, 3.63) is 28.6 Å². The lowest BCUT2D eigenvalue weighted by Gasteiger charge is -2.04. The van der Waals surface area contributed by atoms with Gasteiger partial charge in [0.2, 0.25) is 0 Å². The quantitative estimate of drug-likeness (QED) is 0.671. The van der Waals surface area contributed by atoms with E-state index in [-0.39, 0.29) is 0 Å². The molecule has 2 rings (SSSR count). The van der Waals surface area contributed by atoms with Crippen LogP contribution in [-0.4, -0.2) is 7.11 Å². The minimum Gasteiger partial charge on any atom is -0.495 e. The zero-order valence-corrected chi connectivity index (χ0v) is 8.87. The average molecular weight is 192 g/mol. The molecule has 0 aliphatic heterocycles. The summed E-state index contributed by atoms with van der Waals surface area (Å²) in [6.07, 6.45) is 0. The molecule has 1 nitrogen and oxygen atoms in total. The molecule has 0 unspecified atom stereocenters. The molecule has 0 radical (unpaired) electrons. The Bertz CT molecular complexity index is 443. The van der Waals surface area contributed by atoms with Gasteiger partial charge >= 0.3 is 0 Å². The van der Waals surface area contributed by atoms with Crippen LogP contribution in [0.1, 0.15) is 10.4 Å². The monoisotopic (exact) mass is 192 g/mol. The van der Waals surface area contributed by atoms with Crippen LogP contribution in [0.25, 0.3) is 10.1 Å². The number of fused-ring (bicyclic) bond motifs is 1. The fraction of sp³-hybridized carbons (Fsp3) is 0.273. The lowest BCUT2D eigenvalue weighted by Crippen LogP contribution is -1.85. The van der Waals surface area contributed by atoms with Gasteiger partial charge in [-0.15, -0.1) is 11.3 Å². The lowest BCUT2D eigenvalue weighted by atomic mass is 10.2. The van der Waals surface area contributed by atoms with Crippen molar-refractivity contribution >= 4 is 21.4 Å². The van der Waals surface area contributed by atoms with Crippen LogP contribution in [0.4, 0.5) is 0 Å². The first kappa shape index (κ1) is 8.57. The second kappa shape index (κ2) is 3.04. The summed E-state index contributed by atoms with van der Waals surface area (Å²) in [6, 6.07) is 6.45. The van der Waals surface area contributed by atoms with Crippen molar-refractivity contribution < 1.29 is 4.74 Å². The number of benzene rings is 1. The highest BCUT2D eigenvalue weighted by Crippen LogP contribution is 2.35. The van der Waals surface area contributed by atoms with E-state index < -0.39 is 0 Å². The summed E-state index contributed by atoms with van der Waals surface area (Å²) in [4.78, 5) is 1.33. The van der Waals surface area contributed by atoms with Crippen LogP contribution < -0.4 is 4.74 Å². The van der Waals surface area contributed by atoms with E-state index >= 15 is 0 Å². The first-order valence-electron chi connectivity index (χ1n) is 4.26. The number of methoxy groups -OCH3 is 1. The fourth-order valence-corrected chi connectivity index (χ4v) is 2.65. The molecule has 2 heteroatoms. The Kier molecular flexibility index (Phi) is 2.00. The van der Waals surface area contributed by atoms with Gasteiger partial charge in [-0.25, -0.2) is 0 Å². The highest BCUT2D eigenvalue weighted by molar-refractivity contribution is 7.19. The zero-order chi connectivity index (χ0) is 9.42. The van der Waals surface area contributed by atoms with Crippen molar-refractivity contribution in [3.8, 4) is 5.75 Å². The van der Waals surface area contributed by atoms with Crippen LogP contribution in [0.15, 0.2) is 18.2 Å². The average Bonchev–Trinajstić information content (AvgIpc) is 2.45. The van der Waals surface area contributed by atoms with Gasteiger partial charge in [0.1, 0.15) is 5.75 Å². The van der Waals surface area contributed by atoms with Crippen molar-refractivity contribution in [1.29, 1.82) is 0 Å². The van der Waals surface area contributed by atoms with Gasteiger partial charge in [-0.2, -0.15) is 0 Å². The third kappa shape index (κ3) is 1.31. The molecule has 68 valence electrons. The van der Waals surface area contributed by atoms with E-state index in [0.717, 1.165) is 5.75 Å². The summed E-state index contributed by atoms with van der Waals surface area (Å²) in [5.74, 6) is 1.02. The van der Waals surface area contributed by atoms with Gasteiger partial charge in [-0.1, -0.05) is 12.1 Å². The molecular formula is C11H12OS. The molecule has 0 saturated carbocycles. The first-order valence-corrected chi connectivity index (χ1v) is 5.08. The fourth-order valence-electron chi connectivity index (χ4n) is 1.56. The standard InChI is InChI=1S/C11H12OS/c1-7-4-5-9-6-8(2)13-11(9)10(7)12-3/h4-6H,1-3H3. The Morgan fingerprint density at radius 1 is 1.23 bits per heavy atom. The Hall–Kier alpha value is -1.02. The highest BCUT2D eigenvalue weighted by atomic mass is 32.1. The van der Waals surface area contributed by atoms with E-state index in [1.165, 1.54) is 20.5 Å². The summed E-state index contributed by atoms with van der Waals surface area (Å²) in [6.45, 7) is 4.20. The molecule has 1 heterocycles. The zero-order valence-electron chi connectivity index (χ0n) is 8.05. The summed E-state index contributed by atoms with van der Waals surface area (Å²) in [5.41, 5.74) is 1.21. The summed E-state index contributed by atoms with van der Waals surface area (Å²) >= 11 is 1.79. The molecule has 0 aliphatic rings. The molecule has 0 atom stereocenters. The maximum atomic E-state index is 5.38. The summed E-state index contributed by atoms with van der Waals surface area (Å²) in [7, 11) is 1.73. The first-order chi connectivity index (χ1) is 6.22. The summed E-state index contributed by atoms with van der Waals surface area (Å²) in [5, 5.41) is 1.28. The minimum absolute atomic E-state index is 1.02. The summed E-state index contributed by atoms with van der Waals surface area (Å²) < 4.78 is 6.65. The Morgan fingerprint density at radius 3 is 2.69 bits per heavy atom. The molecule has 0 fully saturated rings. The van der Waals surface area contributed by atoms with Crippen molar-refractivity contribution in [2.24, 2.45) is 0 Å². The topological polar surface area (TPSA) is 9.23 Å². The van der Waals surface area contributed by atoms with Gasteiger partial charge in [-0.3, -0.25) is 0 Å². The molecule has 1 aromatic carbocycles. The van der Waals surface area contributed by atoms with Crippen molar-refractivity contribution in [3.63, 3.8) is 0 Å². The number of thiophene rings is 1. The predicted molar refractivity (Wildman–Crippen MR) is 57.9 cm³/mol. The molecule has 0 saturated heterocycles. The van der Waals surface area contributed by atoms with Crippen LogP contribution in [0.5, 0.6) is 5.75 Å². The second-order valence-electron chi connectivity index (χ2n) is 3.19. The van der Waals surface area contributed by atoms with Crippen LogP contribution in [-0.2, 0) is 0 Å². The molecule has 0 amide bonds. The van der Waals surface area contributed by atoms with Gasteiger partial charge in [-0.05, 0) is 30.9 Å². The van der Waals surface area contributed by atoms with Crippen molar-refractivity contribution in [2.45, 2.75) is 13.8 Å². The molecular weight excluding hydrogens is 180 g/mol. The van der Waals surface area contributed by atoms with E-state index in [9.17, 15) is 0 Å². The van der Waals surface area contributed by atoms with Crippen LogP contribution in [0.3, 0.4) is 0 Å². The van der Waals surface area contributed by atoms with E-state index in [1.54, 1.807) is 18.4 Å². The maximum Gasteiger partial charge on any atom is 0.139 e. The van der Waals surface area contributed by atoms with Crippen LogP contribution >= 0.6 is 11.3 Å². The maximum absolute atomic E-state index is 5.38. The highest BCUT2D eigenvalue weighted by Gasteiger charge is 2.06.